The van der Waals surface area contributed by atoms with Gasteiger partial charge in [0, 0.05) is 35.6 Å². The van der Waals surface area contributed by atoms with Crippen LogP contribution in [0.15, 0.2) is 47.6 Å². The van der Waals surface area contributed by atoms with E-state index in [2.05, 4.69) is 26.2 Å². The maximum absolute atomic E-state index is 12.2. The smallest absolute Gasteiger partial charge is 0.262 e. The van der Waals surface area contributed by atoms with Crippen LogP contribution in [-0.2, 0) is 18.4 Å². The van der Waals surface area contributed by atoms with Crippen molar-refractivity contribution in [1.29, 1.82) is 0 Å². The first-order chi connectivity index (χ1) is 15.0. The molecule has 2 aromatic carbocycles. The quantitative estimate of drug-likeness (QED) is 0.334. The Hall–Kier alpha value is -2.62. The molecule has 31 heavy (non-hydrogen) atoms. The van der Waals surface area contributed by atoms with Crippen molar-refractivity contribution in [1.82, 2.24) is 25.5 Å². The summed E-state index contributed by atoms with van der Waals surface area (Å²) in [7, 11) is 1.82. The van der Waals surface area contributed by atoms with Gasteiger partial charge in [-0.1, -0.05) is 41.1 Å². The molecular formula is C21H25ClN6O2S. The Morgan fingerprint density at radius 3 is 2.77 bits per heavy atom. The lowest BCUT2D eigenvalue weighted by atomic mass is 10.2. The van der Waals surface area contributed by atoms with E-state index in [0.29, 0.717) is 17.3 Å². The third-order valence-electron chi connectivity index (χ3n) is 4.34. The summed E-state index contributed by atoms with van der Waals surface area (Å²) in [6.07, 6.45) is 0.952. The number of aryl methyl sites for hydroxylation is 2. The van der Waals surface area contributed by atoms with Gasteiger partial charge in [0.05, 0.1) is 0 Å². The fourth-order valence-electron chi connectivity index (χ4n) is 2.73. The van der Waals surface area contributed by atoms with Crippen LogP contribution in [0.1, 0.15) is 17.5 Å². The second kappa shape index (κ2) is 11.7. The number of anilines is 1. The van der Waals surface area contributed by atoms with E-state index in [1.165, 1.54) is 0 Å². The first-order valence-electron chi connectivity index (χ1n) is 9.85. The van der Waals surface area contributed by atoms with Gasteiger partial charge in [-0.25, -0.2) is 4.68 Å². The Balaban J connectivity index is 1.43. The summed E-state index contributed by atoms with van der Waals surface area (Å²) in [5.41, 5.74) is 2.78. The average Bonchev–Trinajstić information content (AvgIpc) is 3.16. The second-order valence-corrected chi connectivity index (χ2v) is 8.42. The van der Waals surface area contributed by atoms with E-state index in [-0.39, 0.29) is 12.5 Å². The zero-order valence-electron chi connectivity index (χ0n) is 17.5. The molecule has 0 saturated heterocycles. The van der Waals surface area contributed by atoms with E-state index in [9.17, 15) is 4.79 Å². The summed E-state index contributed by atoms with van der Waals surface area (Å²) in [6, 6.07) is 13.0. The number of aromatic nitrogens is 4. The number of carbonyl (C=O) groups is 1. The van der Waals surface area contributed by atoms with Crippen LogP contribution in [0.2, 0.25) is 5.02 Å². The highest BCUT2D eigenvalue weighted by Crippen LogP contribution is 2.23. The van der Waals surface area contributed by atoms with E-state index in [0.717, 1.165) is 40.7 Å². The number of hydrogen-bond donors (Lipinski definition) is 2. The number of ether oxygens (including phenoxy) is 1. The van der Waals surface area contributed by atoms with Crippen molar-refractivity contribution >= 4 is 35.0 Å². The van der Waals surface area contributed by atoms with Gasteiger partial charge in [-0.05, 0) is 60.6 Å². The highest BCUT2D eigenvalue weighted by atomic mass is 35.5. The van der Waals surface area contributed by atoms with Gasteiger partial charge in [0.2, 0.25) is 5.16 Å². The molecule has 0 spiro atoms. The summed E-state index contributed by atoms with van der Waals surface area (Å²) < 4.78 is 7.41. The normalized spacial score (nSPS) is 10.8. The molecular weight excluding hydrogens is 436 g/mol. The van der Waals surface area contributed by atoms with E-state index in [1.54, 1.807) is 28.6 Å². The molecule has 1 heterocycles. The van der Waals surface area contributed by atoms with Crippen LogP contribution < -0.4 is 15.4 Å². The molecule has 0 fully saturated rings. The van der Waals surface area contributed by atoms with E-state index < -0.39 is 0 Å². The van der Waals surface area contributed by atoms with E-state index >= 15 is 0 Å². The minimum atomic E-state index is -0.215. The maximum Gasteiger partial charge on any atom is 0.262 e. The standard InChI is InChI=1S/C21H25ClN6O2S/c1-15-4-7-18(8-5-15)24-20(29)14-30-19-9-6-17(22)12-16(19)13-23-10-3-11-31-21-25-26-27-28(21)2/h4-9,12,23H,3,10-11,13-14H2,1-2H3,(H,24,29). The number of nitrogens with zero attached hydrogens (tertiary/aromatic N) is 4. The Kier molecular flexibility index (Phi) is 8.69. The highest BCUT2D eigenvalue weighted by Gasteiger charge is 2.09. The topological polar surface area (TPSA) is 94.0 Å². The average molecular weight is 461 g/mol. The van der Waals surface area contributed by atoms with Crippen LogP contribution in [0.25, 0.3) is 0 Å². The lowest BCUT2D eigenvalue weighted by Crippen LogP contribution is -2.21. The van der Waals surface area contributed by atoms with Gasteiger partial charge < -0.3 is 15.4 Å². The third kappa shape index (κ3) is 7.54. The molecule has 10 heteroatoms. The molecule has 2 N–H and O–H groups in total. The predicted octanol–water partition coefficient (Wildman–Crippen LogP) is 3.46. The molecule has 0 unspecified atom stereocenters. The van der Waals surface area contributed by atoms with E-state index in [4.69, 9.17) is 16.3 Å². The SMILES string of the molecule is Cc1ccc(NC(=O)COc2ccc(Cl)cc2CNCCCSc2nnnn2C)cc1. The lowest BCUT2D eigenvalue weighted by Gasteiger charge is -2.13. The number of tetrazole rings is 1. The number of halogens is 1. The maximum atomic E-state index is 12.2. The second-order valence-electron chi connectivity index (χ2n) is 6.92. The molecule has 1 aromatic heterocycles. The predicted molar refractivity (Wildman–Crippen MR) is 123 cm³/mol. The minimum absolute atomic E-state index is 0.0785. The highest BCUT2D eigenvalue weighted by molar-refractivity contribution is 7.99. The van der Waals surface area contributed by atoms with Crippen LogP contribution in [0.4, 0.5) is 5.69 Å². The minimum Gasteiger partial charge on any atom is -0.483 e. The molecule has 164 valence electrons. The molecule has 0 saturated carbocycles. The number of thioether (sulfide) groups is 1. The number of amides is 1. The van der Waals surface area contributed by atoms with Crippen LogP contribution in [0.3, 0.4) is 0 Å². The van der Waals surface area contributed by atoms with Gasteiger partial charge in [-0.15, -0.1) is 5.10 Å². The van der Waals surface area contributed by atoms with Crippen LogP contribution in [-0.4, -0.2) is 45.0 Å². The number of rotatable bonds is 11. The monoisotopic (exact) mass is 460 g/mol. The van der Waals surface area contributed by atoms with Crippen molar-refractivity contribution in [2.75, 3.05) is 24.2 Å². The van der Waals surface area contributed by atoms with Crippen LogP contribution in [0, 0.1) is 6.92 Å². The van der Waals surface area contributed by atoms with Crippen molar-refractivity contribution in [3.05, 3.63) is 58.6 Å². The molecule has 8 nitrogen and oxygen atoms in total. The molecule has 1 amide bonds. The molecule has 3 rings (SSSR count). The van der Waals surface area contributed by atoms with Crippen molar-refractivity contribution in [2.24, 2.45) is 7.05 Å². The van der Waals surface area contributed by atoms with Gasteiger partial charge in [0.25, 0.3) is 5.91 Å². The largest absolute Gasteiger partial charge is 0.483 e. The molecule has 0 atom stereocenters. The zero-order valence-corrected chi connectivity index (χ0v) is 19.0. The third-order valence-corrected chi connectivity index (χ3v) is 5.67. The van der Waals surface area contributed by atoms with Crippen LogP contribution >= 0.6 is 23.4 Å². The number of nitrogens with one attached hydrogen (secondary N) is 2. The molecule has 0 aliphatic carbocycles. The molecule has 3 aromatic rings. The Labute approximate surface area is 190 Å². The molecule has 0 aliphatic heterocycles. The van der Waals surface area contributed by atoms with Crippen LogP contribution in [0.5, 0.6) is 5.75 Å². The van der Waals surface area contributed by atoms with Crippen molar-refractivity contribution < 1.29 is 9.53 Å². The summed E-state index contributed by atoms with van der Waals surface area (Å²) >= 11 is 7.76. The number of hydrogen-bond acceptors (Lipinski definition) is 7. The molecule has 0 aliphatic rings. The summed E-state index contributed by atoms with van der Waals surface area (Å²) in [6.45, 7) is 3.33. The van der Waals surface area contributed by atoms with Gasteiger partial charge in [-0.3, -0.25) is 4.79 Å². The molecule has 0 bridgehead atoms. The Morgan fingerprint density at radius 2 is 2.03 bits per heavy atom. The lowest BCUT2D eigenvalue weighted by molar-refractivity contribution is -0.118. The fourth-order valence-corrected chi connectivity index (χ4v) is 3.71. The zero-order chi connectivity index (χ0) is 22.1. The van der Waals surface area contributed by atoms with E-state index in [1.807, 2.05) is 44.3 Å². The van der Waals surface area contributed by atoms with Gasteiger partial charge in [0.1, 0.15) is 5.75 Å². The number of carbonyl (C=O) groups excluding carboxylic acids is 1. The van der Waals surface area contributed by atoms with Gasteiger partial charge >= 0.3 is 0 Å². The fraction of sp³-hybridized carbons (Fsp3) is 0.333. The van der Waals surface area contributed by atoms with Crippen molar-refractivity contribution in [3.8, 4) is 5.75 Å². The number of benzene rings is 2. The first kappa shape index (κ1) is 23.1. The van der Waals surface area contributed by atoms with Crippen molar-refractivity contribution in [3.63, 3.8) is 0 Å². The van der Waals surface area contributed by atoms with Crippen molar-refractivity contribution in [2.45, 2.75) is 25.0 Å². The van der Waals surface area contributed by atoms with Gasteiger partial charge in [-0.2, -0.15) is 0 Å². The summed E-state index contributed by atoms with van der Waals surface area (Å²) in [5, 5.41) is 19.0. The Morgan fingerprint density at radius 1 is 1.23 bits per heavy atom. The summed E-state index contributed by atoms with van der Waals surface area (Å²) in [5.74, 6) is 1.32. The Bertz CT molecular complexity index is 996. The molecule has 0 radical (unpaired) electrons. The summed E-state index contributed by atoms with van der Waals surface area (Å²) in [4.78, 5) is 12.2. The first-order valence-corrected chi connectivity index (χ1v) is 11.2. The van der Waals surface area contributed by atoms with Gasteiger partial charge in [0.15, 0.2) is 6.61 Å².